The number of amides is 1. The minimum absolute atomic E-state index is 0. The molecule has 1 aliphatic rings. The summed E-state index contributed by atoms with van der Waals surface area (Å²) in [6, 6.07) is 3.93. The number of benzene rings is 1. The Kier molecular flexibility index (Phi) is 10.1. The monoisotopic (exact) mass is 404 g/mol. The maximum Gasteiger partial charge on any atom is 0.254 e. The summed E-state index contributed by atoms with van der Waals surface area (Å²) in [5, 5.41) is 3.70. The van der Waals surface area contributed by atoms with Crippen molar-refractivity contribution in [1.29, 1.82) is 0 Å². The summed E-state index contributed by atoms with van der Waals surface area (Å²) in [4.78, 5) is 14.7. The number of carbonyl (C=O) groups is 1. The lowest BCUT2D eigenvalue weighted by Gasteiger charge is -2.32. The van der Waals surface area contributed by atoms with E-state index in [-0.39, 0.29) is 18.3 Å². The van der Waals surface area contributed by atoms with E-state index in [4.69, 9.17) is 21.1 Å². The first-order valence-corrected chi connectivity index (χ1v) is 9.54. The molecule has 0 atom stereocenters. The van der Waals surface area contributed by atoms with Gasteiger partial charge in [0.2, 0.25) is 0 Å². The summed E-state index contributed by atoms with van der Waals surface area (Å²) in [6.07, 6.45) is 3.92. The van der Waals surface area contributed by atoms with Crippen LogP contribution < -0.4 is 14.8 Å². The molecule has 0 radical (unpaired) electrons. The third-order valence-corrected chi connectivity index (χ3v) is 4.77. The number of rotatable bonds is 8. The molecule has 7 heteroatoms. The molecule has 1 aliphatic heterocycles. The molecule has 1 heterocycles. The molecule has 0 bridgehead atoms. The molecule has 0 aliphatic carbocycles. The Morgan fingerprint density at radius 3 is 2.54 bits per heavy atom. The molecule has 0 saturated carbocycles. The first-order chi connectivity index (χ1) is 12.1. The lowest BCUT2D eigenvalue weighted by Crippen LogP contribution is -2.43. The van der Waals surface area contributed by atoms with Gasteiger partial charge in [0.25, 0.3) is 5.91 Å². The summed E-state index contributed by atoms with van der Waals surface area (Å²) in [5.41, 5.74) is 0.555. The zero-order chi connectivity index (χ0) is 18.2. The normalized spacial score (nSPS) is 14.7. The Balaban J connectivity index is 0.00000338. The Morgan fingerprint density at radius 1 is 1.27 bits per heavy atom. The van der Waals surface area contributed by atoms with Gasteiger partial charge in [0.05, 0.1) is 18.2 Å². The number of hydrogen-bond acceptors (Lipinski definition) is 4. The number of nitrogens with one attached hydrogen (secondary N) is 1. The molecule has 5 nitrogen and oxygen atoms in total. The van der Waals surface area contributed by atoms with Gasteiger partial charge in [-0.1, -0.05) is 24.9 Å². The van der Waals surface area contributed by atoms with Crippen LogP contribution in [0.1, 0.15) is 49.9 Å². The fourth-order valence-corrected chi connectivity index (χ4v) is 3.23. The number of hydrogen-bond donors (Lipinski definition) is 1. The largest absolute Gasteiger partial charge is 0.490 e. The highest BCUT2D eigenvalue weighted by Crippen LogP contribution is 2.37. The first-order valence-electron chi connectivity index (χ1n) is 9.16. The second-order valence-electron chi connectivity index (χ2n) is 6.28. The smallest absolute Gasteiger partial charge is 0.254 e. The van der Waals surface area contributed by atoms with Gasteiger partial charge in [0, 0.05) is 24.7 Å². The standard InChI is InChI=1S/C19H29ClN2O3.ClH/c1-4-6-11-25-18-16(20)12-14(13-17(18)24-5-2)19(23)22-9-7-15(21-3)8-10-22;/h12-13,15,21H,4-11H2,1-3H3;1H. The van der Waals surface area contributed by atoms with E-state index in [1.54, 1.807) is 12.1 Å². The molecule has 1 aromatic carbocycles. The van der Waals surface area contributed by atoms with Crippen molar-refractivity contribution in [3.05, 3.63) is 22.7 Å². The van der Waals surface area contributed by atoms with Crippen LogP contribution in [0.25, 0.3) is 0 Å². The fourth-order valence-electron chi connectivity index (χ4n) is 2.97. The summed E-state index contributed by atoms with van der Waals surface area (Å²) in [7, 11) is 1.97. The third-order valence-electron chi connectivity index (χ3n) is 4.49. The molecule has 1 N–H and O–H groups in total. The van der Waals surface area contributed by atoms with Crippen LogP contribution in [-0.2, 0) is 0 Å². The van der Waals surface area contributed by atoms with Crippen LogP contribution in [0.3, 0.4) is 0 Å². The Bertz CT molecular complexity index is 576. The Morgan fingerprint density at radius 2 is 1.96 bits per heavy atom. The van der Waals surface area contributed by atoms with Crippen molar-refractivity contribution in [2.24, 2.45) is 0 Å². The quantitative estimate of drug-likeness (QED) is 0.660. The average molecular weight is 405 g/mol. The van der Waals surface area contributed by atoms with Crippen LogP contribution in [0.2, 0.25) is 5.02 Å². The Hall–Kier alpha value is -1.17. The molecule has 1 aromatic rings. The minimum Gasteiger partial charge on any atom is -0.490 e. The van der Waals surface area contributed by atoms with E-state index >= 15 is 0 Å². The van der Waals surface area contributed by atoms with Gasteiger partial charge in [0.15, 0.2) is 11.5 Å². The molecule has 148 valence electrons. The van der Waals surface area contributed by atoms with Crippen LogP contribution in [0.5, 0.6) is 11.5 Å². The Labute approximate surface area is 167 Å². The molecule has 0 spiro atoms. The number of unbranched alkanes of at least 4 members (excludes halogenated alkanes) is 1. The number of nitrogens with zero attached hydrogens (tertiary/aromatic N) is 1. The first kappa shape index (κ1) is 22.9. The second-order valence-corrected chi connectivity index (χ2v) is 6.68. The van der Waals surface area contributed by atoms with Gasteiger partial charge in [-0.25, -0.2) is 0 Å². The van der Waals surface area contributed by atoms with Gasteiger partial charge in [-0.05, 0) is 45.4 Å². The number of carbonyl (C=O) groups excluding carboxylic acids is 1. The minimum atomic E-state index is -0.00230. The van der Waals surface area contributed by atoms with Crippen LogP contribution in [0, 0.1) is 0 Å². The van der Waals surface area contributed by atoms with Crippen molar-refractivity contribution >= 4 is 29.9 Å². The van der Waals surface area contributed by atoms with Crippen molar-refractivity contribution in [2.75, 3.05) is 33.4 Å². The second kappa shape index (κ2) is 11.5. The van der Waals surface area contributed by atoms with Crippen molar-refractivity contribution in [2.45, 2.75) is 45.6 Å². The molecular formula is C19H30Cl2N2O3. The summed E-state index contributed by atoms with van der Waals surface area (Å²) < 4.78 is 11.5. The predicted molar refractivity (Wildman–Crippen MR) is 108 cm³/mol. The molecule has 1 fully saturated rings. The van der Waals surface area contributed by atoms with Gasteiger partial charge in [-0.3, -0.25) is 4.79 Å². The zero-order valence-electron chi connectivity index (χ0n) is 15.8. The fraction of sp³-hybridized carbons (Fsp3) is 0.632. The average Bonchev–Trinajstić information content (AvgIpc) is 2.63. The lowest BCUT2D eigenvalue weighted by atomic mass is 10.0. The molecule has 1 amide bonds. The highest BCUT2D eigenvalue weighted by molar-refractivity contribution is 6.32. The van der Waals surface area contributed by atoms with Crippen molar-refractivity contribution in [3.63, 3.8) is 0 Å². The molecule has 1 saturated heterocycles. The lowest BCUT2D eigenvalue weighted by molar-refractivity contribution is 0.0707. The summed E-state index contributed by atoms with van der Waals surface area (Å²) >= 11 is 6.39. The van der Waals surface area contributed by atoms with E-state index in [0.717, 1.165) is 38.8 Å². The predicted octanol–water partition coefficient (Wildman–Crippen LogP) is 4.16. The topological polar surface area (TPSA) is 50.8 Å². The van der Waals surface area contributed by atoms with Crippen LogP contribution >= 0.6 is 24.0 Å². The van der Waals surface area contributed by atoms with E-state index in [2.05, 4.69) is 12.2 Å². The number of halogens is 2. The summed E-state index contributed by atoms with van der Waals surface area (Å²) in [5.74, 6) is 1.07. The number of piperidine rings is 1. The maximum absolute atomic E-state index is 12.8. The zero-order valence-corrected chi connectivity index (χ0v) is 17.4. The SMILES string of the molecule is CCCCOc1c(Cl)cc(C(=O)N2CCC(NC)CC2)cc1OCC.Cl. The van der Waals surface area contributed by atoms with Gasteiger partial charge < -0.3 is 19.7 Å². The maximum atomic E-state index is 12.8. The van der Waals surface area contributed by atoms with Crippen molar-refractivity contribution in [1.82, 2.24) is 10.2 Å². The van der Waals surface area contributed by atoms with Crippen molar-refractivity contribution in [3.8, 4) is 11.5 Å². The van der Waals surface area contributed by atoms with Crippen LogP contribution in [0.15, 0.2) is 12.1 Å². The highest BCUT2D eigenvalue weighted by Gasteiger charge is 2.24. The van der Waals surface area contributed by atoms with Crippen molar-refractivity contribution < 1.29 is 14.3 Å². The molecule has 2 rings (SSSR count). The van der Waals surface area contributed by atoms with E-state index in [1.807, 2.05) is 18.9 Å². The van der Waals surface area contributed by atoms with Crippen LogP contribution in [-0.4, -0.2) is 50.2 Å². The van der Waals surface area contributed by atoms with Gasteiger partial charge in [0.1, 0.15) is 0 Å². The van der Waals surface area contributed by atoms with E-state index < -0.39 is 0 Å². The van der Waals surface area contributed by atoms with E-state index in [9.17, 15) is 4.79 Å². The van der Waals surface area contributed by atoms with Crippen LogP contribution in [0.4, 0.5) is 0 Å². The molecular weight excluding hydrogens is 375 g/mol. The molecule has 0 unspecified atom stereocenters. The van der Waals surface area contributed by atoms with Gasteiger partial charge in [-0.15, -0.1) is 12.4 Å². The highest BCUT2D eigenvalue weighted by atomic mass is 35.5. The number of likely N-dealkylation sites (tertiary alicyclic amines) is 1. The number of ether oxygens (including phenoxy) is 2. The van der Waals surface area contributed by atoms with E-state index in [1.165, 1.54) is 0 Å². The molecule has 26 heavy (non-hydrogen) atoms. The third kappa shape index (κ3) is 5.93. The van der Waals surface area contributed by atoms with Gasteiger partial charge >= 0.3 is 0 Å². The van der Waals surface area contributed by atoms with E-state index in [0.29, 0.717) is 41.3 Å². The van der Waals surface area contributed by atoms with Gasteiger partial charge in [-0.2, -0.15) is 0 Å². The summed E-state index contributed by atoms with van der Waals surface area (Å²) in [6.45, 7) is 6.59. The molecule has 0 aromatic heterocycles.